The standard InChI is InChI=1S/C19H26N4O.2ClH/c1-2-19(10-6-11-22-19)18(24)21-12-9-17-20-13-14-23(17)15-16-7-4-3-5-8-16;;/h3-5,7-8,13-14,22H,2,6,9-12,15H2,1H3,(H,21,24);2*1H. The van der Waals surface area contributed by atoms with Crippen LogP contribution >= 0.6 is 24.8 Å². The molecule has 3 rings (SSSR count). The Bertz CT molecular complexity index is 669. The van der Waals surface area contributed by atoms with Gasteiger partial charge in [0.2, 0.25) is 5.91 Å². The fourth-order valence-corrected chi connectivity index (χ4v) is 3.41. The van der Waals surface area contributed by atoms with E-state index in [1.807, 2.05) is 30.6 Å². The van der Waals surface area contributed by atoms with Crippen LogP contribution in [0.25, 0.3) is 0 Å². The summed E-state index contributed by atoms with van der Waals surface area (Å²) in [5, 5.41) is 6.47. The van der Waals surface area contributed by atoms with E-state index < -0.39 is 0 Å². The van der Waals surface area contributed by atoms with Gasteiger partial charge in [0.25, 0.3) is 0 Å². The van der Waals surface area contributed by atoms with Gasteiger partial charge < -0.3 is 15.2 Å². The number of rotatable bonds is 7. The first-order valence-electron chi connectivity index (χ1n) is 8.81. The Morgan fingerprint density at radius 2 is 2.08 bits per heavy atom. The Morgan fingerprint density at radius 1 is 1.31 bits per heavy atom. The maximum Gasteiger partial charge on any atom is 0.240 e. The van der Waals surface area contributed by atoms with Gasteiger partial charge in [-0.25, -0.2) is 4.98 Å². The molecule has 0 saturated carbocycles. The Morgan fingerprint density at radius 3 is 2.73 bits per heavy atom. The molecule has 1 atom stereocenters. The van der Waals surface area contributed by atoms with Crippen LogP contribution in [-0.4, -0.2) is 34.1 Å². The summed E-state index contributed by atoms with van der Waals surface area (Å²) in [4.78, 5) is 16.9. The zero-order valence-electron chi connectivity index (χ0n) is 15.1. The molecule has 0 bridgehead atoms. The van der Waals surface area contributed by atoms with Gasteiger partial charge in [0, 0.05) is 31.9 Å². The van der Waals surface area contributed by atoms with Crippen LogP contribution in [0.5, 0.6) is 0 Å². The van der Waals surface area contributed by atoms with Gasteiger partial charge in [0.15, 0.2) is 0 Å². The van der Waals surface area contributed by atoms with Crippen molar-refractivity contribution in [2.75, 3.05) is 13.1 Å². The summed E-state index contributed by atoms with van der Waals surface area (Å²) >= 11 is 0. The maximum absolute atomic E-state index is 12.5. The second-order valence-corrected chi connectivity index (χ2v) is 6.43. The van der Waals surface area contributed by atoms with E-state index in [1.54, 1.807) is 0 Å². The summed E-state index contributed by atoms with van der Waals surface area (Å²) in [6, 6.07) is 10.3. The van der Waals surface area contributed by atoms with Crippen molar-refractivity contribution in [1.82, 2.24) is 20.2 Å². The third kappa shape index (κ3) is 5.22. The van der Waals surface area contributed by atoms with Gasteiger partial charge in [-0.1, -0.05) is 37.3 Å². The molecule has 0 aliphatic carbocycles. The number of carbonyl (C=O) groups is 1. The van der Waals surface area contributed by atoms with Crippen molar-refractivity contribution < 1.29 is 4.79 Å². The number of imidazole rings is 1. The van der Waals surface area contributed by atoms with Crippen molar-refractivity contribution in [1.29, 1.82) is 0 Å². The van der Waals surface area contributed by atoms with Crippen LogP contribution in [-0.2, 0) is 17.8 Å². The van der Waals surface area contributed by atoms with E-state index in [0.29, 0.717) is 6.54 Å². The summed E-state index contributed by atoms with van der Waals surface area (Å²) in [6.07, 6.45) is 7.40. The van der Waals surface area contributed by atoms with Gasteiger partial charge in [-0.3, -0.25) is 4.79 Å². The lowest BCUT2D eigenvalue weighted by atomic mass is 9.93. The highest BCUT2D eigenvalue weighted by Crippen LogP contribution is 2.22. The molecule has 1 saturated heterocycles. The third-order valence-electron chi connectivity index (χ3n) is 4.91. The van der Waals surface area contributed by atoms with E-state index in [-0.39, 0.29) is 36.3 Å². The molecule has 2 N–H and O–H groups in total. The second kappa shape index (κ2) is 10.6. The van der Waals surface area contributed by atoms with E-state index >= 15 is 0 Å². The topological polar surface area (TPSA) is 59.0 Å². The minimum atomic E-state index is -0.362. The second-order valence-electron chi connectivity index (χ2n) is 6.43. The number of nitrogens with one attached hydrogen (secondary N) is 2. The summed E-state index contributed by atoms with van der Waals surface area (Å²) in [5.74, 6) is 1.13. The summed E-state index contributed by atoms with van der Waals surface area (Å²) in [7, 11) is 0. The van der Waals surface area contributed by atoms with Crippen LogP contribution in [0.15, 0.2) is 42.7 Å². The van der Waals surface area contributed by atoms with Crippen molar-refractivity contribution in [2.45, 2.75) is 44.7 Å². The first kappa shape index (κ1) is 22.5. The van der Waals surface area contributed by atoms with Gasteiger partial charge >= 0.3 is 0 Å². The van der Waals surface area contributed by atoms with E-state index in [4.69, 9.17) is 0 Å². The van der Waals surface area contributed by atoms with Crippen LogP contribution in [0, 0.1) is 0 Å². The van der Waals surface area contributed by atoms with Crippen molar-refractivity contribution >= 4 is 30.7 Å². The Kier molecular flexibility index (Phi) is 9.13. The average molecular weight is 399 g/mol. The van der Waals surface area contributed by atoms with Gasteiger partial charge in [0.1, 0.15) is 5.82 Å². The van der Waals surface area contributed by atoms with Crippen molar-refractivity contribution in [3.8, 4) is 0 Å². The minimum absolute atomic E-state index is 0. The summed E-state index contributed by atoms with van der Waals surface area (Å²) in [5.41, 5.74) is 0.889. The van der Waals surface area contributed by atoms with Crippen LogP contribution in [0.2, 0.25) is 0 Å². The number of hydrogen-bond acceptors (Lipinski definition) is 3. The van der Waals surface area contributed by atoms with Crippen LogP contribution in [0.3, 0.4) is 0 Å². The zero-order chi connectivity index (χ0) is 16.8. The fourth-order valence-electron chi connectivity index (χ4n) is 3.41. The molecule has 2 heterocycles. The van der Waals surface area contributed by atoms with Crippen LogP contribution < -0.4 is 10.6 Å². The Hall–Kier alpha value is -1.56. The lowest BCUT2D eigenvalue weighted by molar-refractivity contribution is -0.127. The number of halogens is 2. The molecule has 1 amide bonds. The van der Waals surface area contributed by atoms with E-state index in [1.165, 1.54) is 5.56 Å². The number of hydrogen-bond donors (Lipinski definition) is 2. The molecule has 1 fully saturated rings. The molecule has 5 nitrogen and oxygen atoms in total. The molecule has 26 heavy (non-hydrogen) atoms. The molecule has 0 radical (unpaired) electrons. The van der Waals surface area contributed by atoms with Crippen molar-refractivity contribution in [3.05, 3.63) is 54.1 Å². The molecular formula is C19H28Cl2N4O. The molecule has 1 aromatic heterocycles. The number of aromatic nitrogens is 2. The highest BCUT2D eigenvalue weighted by Gasteiger charge is 2.38. The third-order valence-corrected chi connectivity index (χ3v) is 4.91. The molecule has 1 unspecified atom stereocenters. The van der Waals surface area contributed by atoms with Crippen LogP contribution in [0.1, 0.15) is 37.6 Å². The van der Waals surface area contributed by atoms with Gasteiger partial charge in [-0.05, 0) is 31.4 Å². The van der Waals surface area contributed by atoms with Crippen molar-refractivity contribution in [2.24, 2.45) is 0 Å². The first-order valence-corrected chi connectivity index (χ1v) is 8.81. The van der Waals surface area contributed by atoms with Gasteiger partial charge in [-0.2, -0.15) is 0 Å². The average Bonchev–Trinajstić information content (AvgIpc) is 3.26. The lowest BCUT2D eigenvalue weighted by Gasteiger charge is -2.26. The van der Waals surface area contributed by atoms with Crippen molar-refractivity contribution in [3.63, 3.8) is 0 Å². The molecule has 1 aromatic carbocycles. The van der Waals surface area contributed by atoms with Crippen LogP contribution in [0.4, 0.5) is 0 Å². The van der Waals surface area contributed by atoms with Gasteiger partial charge in [0.05, 0.1) is 5.54 Å². The summed E-state index contributed by atoms with van der Waals surface area (Å²) < 4.78 is 2.14. The molecule has 1 aliphatic rings. The Balaban J connectivity index is 0.00000169. The predicted molar refractivity (Wildman–Crippen MR) is 109 cm³/mol. The fraction of sp³-hybridized carbons (Fsp3) is 0.474. The summed E-state index contributed by atoms with van der Waals surface area (Å²) in [6.45, 7) is 4.44. The number of nitrogens with zero attached hydrogens (tertiary/aromatic N) is 2. The minimum Gasteiger partial charge on any atom is -0.354 e. The molecule has 144 valence electrons. The number of benzene rings is 1. The molecular weight excluding hydrogens is 371 g/mol. The van der Waals surface area contributed by atoms with E-state index in [0.717, 1.165) is 44.6 Å². The number of carbonyl (C=O) groups excluding carboxylic acids is 1. The van der Waals surface area contributed by atoms with E-state index in [9.17, 15) is 4.79 Å². The number of amides is 1. The lowest BCUT2D eigenvalue weighted by Crippen LogP contribution is -2.53. The smallest absolute Gasteiger partial charge is 0.240 e. The highest BCUT2D eigenvalue weighted by molar-refractivity contribution is 5.86. The monoisotopic (exact) mass is 398 g/mol. The quantitative estimate of drug-likeness (QED) is 0.753. The highest BCUT2D eigenvalue weighted by atomic mass is 35.5. The zero-order valence-corrected chi connectivity index (χ0v) is 16.7. The molecule has 2 aromatic rings. The predicted octanol–water partition coefficient (Wildman–Crippen LogP) is 2.97. The van der Waals surface area contributed by atoms with E-state index in [2.05, 4.69) is 39.2 Å². The Labute approximate surface area is 167 Å². The molecule has 7 heteroatoms. The molecule has 0 spiro atoms. The van der Waals surface area contributed by atoms with Gasteiger partial charge in [-0.15, -0.1) is 24.8 Å². The molecule has 1 aliphatic heterocycles. The first-order chi connectivity index (χ1) is 11.7. The maximum atomic E-state index is 12.5. The normalized spacial score (nSPS) is 18.7. The SMILES string of the molecule is CCC1(C(=O)NCCc2nccn2Cc2ccccc2)CCCN1.Cl.Cl. The largest absolute Gasteiger partial charge is 0.354 e.